The van der Waals surface area contributed by atoms with E-state index in [0.29, 0.717) is 17.4 Å². The van der Waals surface area contributed by atoms with Crippen LogP contribution in [-0.2, 0) is 20.1 Å². The molecule has 3 aromatic rings. The van der Waals surface area contributed by atoms with Crippen LogP contribution in [0, 0.1) is 5.82 Å². The van der Waals surface area contributed by atoms with E-state index in [9.17, 15) is 9.18 Å². The van der Waals surface area contributed by atoms with Gasteiger partial charge in [0.2, 0.25) is 0 Å². The molecule has 192 valence electrons. The fourth-order valence-electron chi connectivity index (χ4n) is 5.10. The number of para-hydroxylation sites is 1. The van der Waals surface area contributed by atoms with E-state index >= 15 is 0 Å². The number of benzene rings is 3. The average Bonchev–Trinajstić information content (AvgIpc) is 3.46. The number of piperazine rings is 1. The number of fused-ring (bicyclic) bond motifs is 2. The average molecular weight is 524 g/mol. The number of carbonyl (C=O) groups excluding carboxylic acids is 1. The zero-order chi connectivity index (χ0) is 25.4. The Hall–Kier alpha value is -3.17. The lowest BCUT2D eigenvalue weighted by Crippen LogP contribution is -2.52. The molecule has 3 aliphatic heterocycles. The molecule has 0 saturated carbocycles. The molecule has 2 unspecified atom stereocenters. The van der Waals surface area contributed by atoms with Crippen molar-refractivity contribution in [3.63, 3.8) is 0 Å². The fourth-order valence-corrected chi connectivity index (χ4v) is 5.22. The number of nitrogens with zero attached hydrogens (tertiary/aromatic N) is 3. The Bertz CT molecular complexity index is 1270. The van der Waals surface area contributed by atoms with Crippen LogP contribution in [-0.4, -0.2) is 63.0 Å². The lowest BCUT2D eigenvalue weighted by atomic mass is 10.1. The van der Waals surface area contributed by atoms with Crippen LogP contribution in [0.2, 0.25) is 5.02 Å². The van der Waals surface area contributed by atoms with E-state index in [0.717, 1.165) is 43.1 Å². The SMILES string of the molecule is O=C1N(CN2CCN(c3ccc(F)cc3)CC2)c2ccccc2C12OCC(COc1ccc(Cl)cc1)O2. The van der Waals surface area contributed by atoms with Gasteiger partial charge in [-0.05, 0) is 54.6 Å². The number of rotatable bonds is 6. The molecule has 9 heteroatoms. The van der Waals surface area contributed by atoms with Crippen molar-refractivity contribution in [2.45, 2.75) is 11.9 Å². The van der Waals surface area contributed by atoms with Crippen LogP contribution in [0.1, 0.15) is 5.56 Å². The summed E-state index contributed by atoms with van der Waals surface area (Å²) in [7, 11) is 0. The molecule has 0 bridgehead atoms. The second-order valence-electron chi connectivity index (χ2n) is 9.41. The van der Waals surface area contributed by atoms with Gasteiger partial charge in [0.05, 0.1) is 19.0 Å². The highest BCUT2D eigenvalue weighted by Crippen LogP contribution is 2.47. The molecule has 37 heavy (non-hydrogen) atoms. The third-order valence-corrected chi connectivity index (χ3v) is 7.29. The van der Waals surface area contributed by atoms with Crippen molar-refractivity contribution in [1.29, 1.82) is 0 Å². The van der Waals surface area contributed by atoms with E-state index in [1.54, 1.807) is 41.3 Å². The van der Waals surface area contributed by atoms with E-state index in [2.05, 4.69) is 9.80 Å². The summed E-state index contributed by atoms with van der Waals surface area (Å²) in [6.45, 7) is 4.07. The first-order valence-corrected chi connectivity index (χ1v) is 12.7. The molecular formula is C28H27ClFN3O4. The van der Waals surface area contributed by atoms with Crippen LogP contribution in [0.5, 0.6) is 5.75 Å². The minimum Gasteiger partial charge on any atom is -0.491 e. The van der Waals surface area contributed by atoms with Gasteiger partial charge in [-0.1, -0.05) is 29.8 Å². The number of anilines is 2. The summed E-state index contributed by atoms with van der Waals surface area (Å²) in [6.07, 6.45) is -0.396. The maximum atomic E-state index is 13.8. The monoisotopic (exact) mass is 523 g/mol. The molecule has 0 aliphatic carbocycles. The Kier molecular flexibility index (Phi) is 6.50. The molecule has 1 amide bonds. The summed E-state index contributed by atoms with van der Waals surface area (Å²) in [5.74, 6) is -1.24. The molecule has 1 spiro atoms. The Morgan fingerprint density at radius 3 is 2.46 bits per heavy atom. The highest BCUT2D eigenvalue weighted by Gasteiger charge is 2.58. The number of ether oxygens (including phenoxy) is 3. The second kappa shape index (κ2) is 9.95. The highest BCUT2D eigenvalue weighted by atomic mass is 35.5. The molecule has 0 N–H and O–H groups in total. The Morgan fingerprint density at radius 1 is 0.973 bits per heavy atom. The van der Waals surface area contributed by atoms with Gasteiger partial charge in [0, 0.05) is 42.5 Å². The topological polar surface area (TPSA) is 54.5 Å². The summed E-state index contributed by atoms with van der Waals surface area (Å²) < 4.78 is 31.5. The minimum absolute atomic E-state index is 0.219. The molecule has 6 rings (SSSR count). The van der Waals surface area contributed by atoms with Gasteiger partial charge < -0.3 is 19.1 Å². The summed E-state index contributed by atoms with van der Waals surface area (Å²) >= 11 is 5.95. The zero-order valence-corrected chi connectivity index (χ0v) is 20.9. The van der Waals surface area contributed by atoms with Crippen molar-refractivity contribution in [2.75, 3.05) is 55.9 Å². The number of carbonyl (C=O) groups is 1. The number of hydrogen-bond acceptors (Lipinski definition) is 6. The fraction of sp³-hybridized carbons (Fsp3) is 0.321. The van der Waals surface area contributed by atoms with Crippen LogP contribution < -0.4 is 14.5 Å². The van der Waals surface area contributed by atoms with Crippen LogP contribution in [0.3, 0.4) is 0 Å². The summed E-state index contributed by atoms with van der Waals surface area (Å²) in [5.41, 5.74) is 2.52. The van der Waals surface area contributed by atoms with E-state index in [-0.39, 0.29) is 24.9 Å². The largest absolute Gasteiger partial charge is 0.491 e. The van der Waals surface area contributed by atoms with Crippen molar-refractivity contribution >= 4 is 28.9 Å². The molecule has 0 radical (unpaired) electrons. The van der Waals surface area contributed by atoms with Gasteiger partial charge in [-0.25, -0.2) is 4.39 Å². The first-order chi connectivity index (χ1) is 18.0. The van der Waals surface area contributed by atoms with Gasteiger partial charge in [-0.15, -0.1) is 0 Å². The Labute approximate surface area is 219 Å². The normalized spacial score (nSPS) is 23.6. The van der Waals surface area contributed by atoms with Crippen molar-refractivity contribution in [3.8, 4) is 5.75 Å². The van der Waals surface area contributed by atoms with Crippen LogP contribution >= 0.6 is 11.6 Å². The second-order valence-corrected chi connectivity index (χ2v) is 9.84. The molecule has 7 nitrogen and oxygen atoms in total. The molecule has 2 saturated heterocycles. The first-order valence-electron chi connectivity index (χ1n) is 12.4. The summed E-state index contributed by atoms with van der Waals surface area (Å²) in [4.78, 5) is 20.0. The minimum atomic E-state index is -1.46. The van der Waals surface area contributed by atoms with Crippen LogP contribution in [0.4, 0.5) is 15.8 Å². The Morgan fingerprint density at radius 2 is 1.70 bits per heavy atom. The van der Waals surface area contributed by atoms with E-state index in [1.165, 1.54) is 12.1 Å². The number of hydrogen-bond donors (Lipinski definition) is 0. The van der Waals surface area contributed by atoms with E-state index in [4.69, 9.17) is 25.8 Å². The van der Waals surface area contributed by atoms with E-state index in [1.807, 2.05) is 24.3 Å². The Balaban J connectivity index is 1.12. The summed E-state index contributed by atoms with van der Waals surface area (Å²) in [6, 6.07) is 21.3. The van der Waals surface area contributed by atoms with E-state index < -0.39 is 11.9 Å². The van der Waals surface area contributed by atoms with Gasteiger partial charge in [0.25, 0.3) is 11.7 Å². The standard InChI is InChI=1S/C28H27ClFN3O4/c29-20-5-11-23(12-6-20)35-17-24-18-36-28(37-24)25-3-1-2-4-26(25)33(27(28)34)19-31-13-15-32(16-14-31)22-9-7-21(30)8-10-22/h1-12,24H,13-19H2. The maximum Gasteiger partial charge on any atom is 0.293 e. The molecule has 3 heterocycles. The lowest BCUT2D eigenvalue weighted by molar-refractivity contribution is -0.187. The zero-order valence-electron chi connectivity index (χ0n) is 20.2. The van der Waals surface area contributed by atoms with Gasteiger partial charge in [0.15, 0.2) is 0 Å². The third kappa shape index (κ3) is 4.66. The van der Waals surface area contributed by atoms with Crippen LogP contribution in [0.25, 0.3) is 0 Å². The van der Waals surface area contributed by atoms with Crippen molar-refractivity contribution in [2.24, 2.45) is 0 Å². The van der Waals surface area contributed by atoms with Crippen LogP contribution in [0.15, 0.2) is 72.8 Å². The molecule has 3 aliphatic rings. The van der Waals surface area contributed by atoms with Gasteiger partial charge in [-0.2, -0.15) is 0 Å². The molecule has 3 aromatic carbocycles. The smallest absolute Gasteiger partial charge is 0.293 e. The van der Waals surface area contributed by atoms with Gasteiger partial charge in [0.1, 0.15) is 24.3 Å². The summed E-state index contributed by atoms with van der Waals surface area (Å²) in [5, 5.41) is 0.636. The lowest BCUT2D eigenvalue weighted by Gasteiger charge is -2.38. The third-order valence-electron chi connectivity index (χ3n) is 7.04. The first kappa shape index (κ1) is 24.2. The predicted octanol–water partition coefficient (Wildman–Crippen LogP) is 4.25. The van der Waals surface area contributed by atoms with Gasteiger partial charge in [-0.3, -0.25) is 14.6 Å². The molecule has 2 fully saturated rings. The predicted molar refractivity (Wildman–Crippen MR) is 138 cm³/mol. The van der Waals surface area contributed by atoms with Crippen molar-refractivity contribution in [3.05, 3.63) is 89.2 Å². The van der Waals surface area contributed by atoms with Crippen molar-refractivity contribution < 1.29 is 23.4 Å². The quantitative estimate of drug-likeness (QED) is 0.481. The van der Waals surface area contributed by atoms with Crippen molar-refractivity contribution in [1.82, 2.24) is 4.90 Å². The van der Waals surface area contributed by atoms with Gasteiger partial charge >= 0.3 is 0 Å². The highest BCUT2D eigenvalue weighted by molar-refractivity contribution is 6.30. The molecular weight excluding hydrogens is 497 g/mol. The number of halogens is 2. The number of amides is 1. The molecule has 2 atom stereocenters. The molecule has 0 aromatic heterocycles. The maximum absolute atomic E-state index is 13.8.